The summed E-state index contributed by atoms with van der Waals surface area (Å²) in [7, 11) is 12.1. The SMILES string of the molecule is [B]C1([B])c2cc(Cl)c(C(F)(F)F)cc2C(C)N1C(=O)CC[CH-]C(=O)NC(N)=O.[CH3-].[Cs+]. The maximum absolute atomic E-state index is 13.1. The zero-order chi connectivity index (χ0) is 21.4. The van der Waals surface area contributed by atoms with Crippen LogP contribution in [0.1, 0.15) is 42.5 Å². The fraction of sp³-hybridized carbons (Fsp3) is 0.353. The van der Waals surface area contributed by atoms with Crippen molar-refractivity contribution in [2.75, 3.05) is 0 Å². The molecule has 0 aliphatic carbocycles. The molecule has 0 saturated heterocycles. The predicted octanol–water partition coefficient (Wildman–Crippen LogP) is -0.657. The number of alkyl halides is 3. The summed E-state index contributed by atoms with van der Waals surface area (Å²) in [6.07, 6.45) is -3.94. The van der Waals surface area contributed by atoms with Crippen LogP contribution in [0.2, 0.25) is 5.02 Å². The number of fused-ring (bicyclic) bond motifs is 1. The van der Waals surface area contributed by atoms with Crippen molar-refractivity contribution in [3.05, 3.63) is 47.7 Å². The normalized spacial score (nSPS) is 16.6. The molecule has 0 saturated carbocycles. The number of nitrogens with two attached hydrogens (primary N) is 1. The fourth-order valence-electron chi connectivity index (χ4n) is 3.13. The quantitative estimate of drug-likeness (QED) is 0.380. The molecule has 4 radical (unpaired) electrons. The van der Waals surface area contributed by atoms with Gasteiger partial charge in [-0.3, -0.25) is 4.79 Å². The van der Waals surface area contributed by atoms with Crippen LogP contribution in [0.4, 0.5) is 18.0 Å². The summed E-state index contributed by atoms with van der Waals surface area (Å²) in [6, 6.07) is -0.0568. The van der Waals surface area contributed by atoms with E-state index in [0.29, 0.717) is 0 Å². The number of halogens is 4. The topological polar surface area (TPSA) is 92.5 Å². The molecule has 1 unspecified atom stereocenters. The minimum absolute atomic E-state index is 0. The van der Waals surface area contributed by atoms with Crippen LogP contribution in [0.3, 0.4) is 0 Å². The molecule has 1 heterocycles. The maximum atomic E-state index is 13.1. The maximum Gasteiger partial charge on any atom is 1.00 e. The number of primary amides is 1. The zero-order valence-electron chi connectivity index (χ0n) is 16.6. The van der Waals surface area contributed by atoms with Gasteiger partial charge in [-0.15, -0.1) is 0 Å². The Balaban J connectivity index is 0.00000420. The van der Waals surface area contributed by atoms with Gasteiger partial charge in [-0.1, -0.05) is 11.6 Å². The van der Waals surface area contributed by atoms with E-state index >= 15 is 0 Å². The van der Waals surface area contributed by atoms with E-state index in [1.54, 1.807) is 5.32 Å². The van der Waals surface area contributed by atoms with Gasteiger partial charge in [-0.05, 0) is 35.5 Å². The number of carbonyl (C=O) groups is 3. The molecule has 1 aromatic rings. The molecular formula is C17H17B2ClCsF3N3O3-. The van der Waals surface area contributed by atoms with Gasteiger partial charge in [-0.2, -0.15) is 19.6 Å². The summed E-state index contributed by atoms with van der Waals surface area (Å²) in [5.74, 6) is -1.38. The fourth-order valence-corrected chi connectivity index (χ4v) is 3.40. The first-order valence-corrected chi connectivity index (χ1v) is 8.39. The summed E-state index contributed by atoms with van der Waals surface area (Å²) in [4.78, 5) is 35.5. The van der Waals surface area contributed by atoms with Crippen LogP contribution < -0.4 is 79.9 Å². The summed E-state index contributed by atoms with van der Waals surface area (Å²) in [5.41, 5.74) is 3.97. The van der Waals surface area contributed by atoms with Gasteiger partial charge in [-0.25, -0.2) is 4.79 Å². The first-order valence-electron chi connectivity index (χ1n) is 8.01. The Labute approximate surface area is 239 Å². The van der Waals surface area contributed by atoms with Gasteiger partial charge < -0.3 is 34.6 Å². The van der Waals surface area contributed by atoms with E-state index in [2.05, 4.69) is 0 Å². The molecule has 2 rings (SSSR count). The molecule has 1 atom stereocenters. The van der Waals surface area contributed by atoms with E-state index in [1.807, 2.05) is 0 Å². The Morgan fingerprint density at radius 3 is 2.40 bits per heavy atom. The van der Waals surface area contributed by atoms with Crippen LogP contribution >= 0.6 is 11.6 Å². The van der Waals surface area contributed by atoms with Crippen molar-refractivity contribution in [1.29, 1.82) is 0 Å². The molecule has 30 heavy (non-hydrogen) atoms. The number of imide groups is 1. The Bertz CT molecular complexity index is 840. The number of nitrogens with one attached hydrogen (secondary N) is 1. The predicted molar refractivity (Wildman–Crippen MR) is 103 cm³/mol. The average Bonchev–Trinajstić information content (AvgIpc) is 2.70. The Morgan fingerprint density at radius 1 is 1.33 bits per heavy atom. The van der Waals surface area contributed by atoms with E-state index in [1.165, 1.54) is 6.92 Å². The Kier molecular flexibility index (Phi) is 11.0. The molecule has 3 N–H and O–H groups in total. The molecule has 0 bridgehead atoms. The summed E-state index contributed by atoms with van der Waals surface area (Å²) in [6.45, 7) is 1.48. The number of nitrogens with zero attached hydrogens (tertiary/aromatic N) is 1. The van der Waals surface area contributed by atoms with Crippen LogP contribution in [0, 0.1) is 13.8 Å². The van der Waals surface area contributed by atoms with Gasteiger partial charge in [0, 0.05) is 6.42 Å². The summed E-state index contributed by atoms with van der Waals surface area (Å²) < 4.78 is 39.4. The third-order valence-corrected chi connectivity index (χ3v) is 4.63. The Morgan fingerprint density at radius 2 is 1.90 bits per heavy atom. The number of carbonyl (C=O) groups excluding carboxylic acids is 3. The minimum Gasteiger partial charge on any atom is -0.358 e. The molecule has 0 spiro atoms. The molecule has 13 heteroatoms. The molecular weight excluding hydrogens is 541 g/mol. The van der Waals surface area contributed by atoms with Crippen molar-refractivity contribution in [2.24, 2.45) is 5.73 Å². The van der Waals surface area contributed by atoms with Crippen molar-refractivity contribution in [3.8, 4) is 0 Å². The van der Waals surface area contributed by atoms with Crippen LogP contribution in [-0.4, -0.2) is 38.4 Å². The van der Waals surface area contributed by atoms with E-state index in [9.17, 15) is 27.6 Å². The van der Waals surface area contributed by atoms with E-state index in [0.717, 1.165) is 23.5 Å². The first-order chi connectivity index (χ1) is 12.8. The first kappa shape index (κ1) is 29.8. The van der Waals surface area contributed by atoms with Gasteiger partial charge in [0.05, 0.1) is 38.2 Å². The van der Waals surface area contributed by atoms with Gasteiger partial charge in [0.1, 0.15) is 0 Å². The second kappa shape index (κ2) is 11.1. The van der Waals surface area contributed by atoms with Crippen LogP contribution in [0.25, 0.3) is 0 Å². The van der Waals surface area contributed by atoms with E-state index in [4.69, 9.17) is 33.0 Å². The van der Waals surface area contributed by atoms with E-state index in [-0.39, 0.29) is 100 Å². The molecule has 0 fully saturated rings. The second-order valence-electron chi connectivity index (χ2n) is 6.28. The standard InChI is InChI=1S/C16H14B2ClF3N3O3.CH3.Cs/c1-7-8-5-10(16(20,21)22)11(19)6-9(8)15(17,18)25(7)13(27)4-2-3-12(26)24-14(23)28;;/h3,5-7H,2,4H2,1H3,(H3,23,24,26,28);1H3;/q2*-1;+1. The number of amides is 4. The van der Waals surface area contributed by atoms with Crippen molar-refractivity contribution >= 4 is 45.1 Å². The van der Waals surface area contributed by atoms with Crippen molar-refractivity contribution in [2.45, 2.75) is 37.3 Å². The minimum atomic E-state index is -4.68. The zero-order valence-corrected chi connectivity index (χ0v) is 23.7. The van der Waals surface area contributed by atoms with Crippen LogP contribution in [-0.2, 0) is 21.1 Å². The average molecular weight is 558 g/mol. The molecule has 4 amide bonds. The van der Waals surface area contributed by atoms with Gasteiger partial charge in [0.2, 0.25) is 5.91 Å². The van der Waals surface area contributed by atoms with Crippen molar-refractivity contribution in [3.63, 3.8) is 0 Å². The van der Waals surface area contributed by atoms with Crippen LogP contribution in [0.5, 0.6) is 0 Å². The largest absolute Gasteiger partial charge is 1.00 e. The Hall–Kier alpha value is -0.238. The molecule has 154 valence electrons. The number of rotatable bonds is 4. The summed E-state index contributed by atoms with van der Waals surface area (Å²) >= 11 is 5.73. The van der Waals surface area contributed by atoms with E-state index < -0.39 is 46.0 Å². The monoisotopic (exact) mass is 558 g/mol. The second-order valence-corrected chi connectivity index (χ2v) is 6.69. The van der Waals surface area contributed by atoms with Crippen molar-refractivity contribution < 1.29 is 96.4 Å². The summed E-state index contributed by atoms with van der Waals surface area (Å²) in [5, 5.41) is -0.658. The third kappa shape index (κ3) is 6.39. The van der Waals surface area contributed by atoms with Gasteiger partial charge >= 0.3 is 81.1 Å². The van der Waals surface area contributed by atoms with Crippen molar-refractivity contribution in [1.82, 2.24) is 10.2 Å². The third-order valence-electron chi connectivity index (χ3n) is 4.32. The molecule has 1 aliphatic heterocycles. The number of hydrogen-bond donors (Lipinski definition) is 2. The number of hydrogen-bond acceptors (Lipinski definition) is 3. The molecule has 0 aromatic heterocycles. The number of urea groups is 1. The van der Waals surface area contributed by atoms with Crippen LogP contribution in [0.15, 0.2) is 12.1 Å². The molecule has 6 nitrogen and oxygen atoms in total. The van der Waals surface area contributed by atoms with Gasteiger partial charge in [0.15, 0.2) is 0 Å². The van der Waals surface area contributed by atoms with Gasteiger partial charge in [0.25, 0.3) is 0 Å². The smallest absolute Gasteiger partial charge is 0.358 e. The number of benzene rings is 1. The molecule has 1 aromatic carbocycles. The molecule has 1 aliphatic rings.